The molecule has 2 aromatic carbocycles. The highest BCUT2D eigenvalue weighted by Gasteiger charge is 2.25. The molecule has 7 heteroatoms. The standard InChI is InChI=1S/C20H18N2O3S2/c23-20(22-12-11-15-4-1-2-6-19(15)22)16-7-9-18(10-8-16)27(24,25)21-14-17-5-3-13-26-17/h1-10,13,21H,11-12,14H2. The van der Waals surface area contributed by atoms with Gasteiger partial charge in [-0.05, 0) is 53.8 Å². The van der Waals surface area contributed by atoms with Crippen LogP contribution in [0.25, 0.3) is 0 Å². The van der Waals surface area contributed by atoms with Gasteiger partial charge in [0.2, 0.25) is 10.0 Å². The van der Waals surface area contributed by atoms with Crippen LogP contribution in [0.4, 0.5) is 5.69 Å². The van der Waals surface area contributed by atoms with Crippen LogP contribution in [-0.2, 0) is 23.0 Å². The van der Waals surface area contributed by atoms with Gasteiger partial charge in [-0.25, -0.2) is 13.1 Å². The number of fused-ring (bicyclic) bond motifs is 1. The molecule has 1 amide bonds. The fourth-order valence-corrected chi connectivity index (χ4v) is 4.89. The molecule has 2 heterocycles. The van der Waals surface area contributed by atoms with Crippen LogP contribution in [-0.4, -0.2) is 20.9 Å². The Labute approximate surface area is 162 Å². The molecule has 4 rings (SSSR count). The number of anilines is 1. The van der Waals surface area contributed by atoms with Crippen molar-refractivity contribution in [3.63, 3.8) is 0 Å². The van der Waals surface area contributed by atoms with Crippen LogP contribution in [0.1, 0.15) is 20.8 Å². The van der Waals surface area contributed by atoms with E-state index in [-0.39, 0.29) is 17.3 Å². The van der Waals surface area contributed by atoms with Crippen molar-refractivity contribution in [2.45, 2.75) is 17.9 Å². The molecule has 5 nitrogen and oxygen atoms in total. The second-order valence-electron chi connectivity index (χ2n) is 6.26. The number of hydrogen-bond donors (Lipinski definition) is 1. The minimum absolute atomic E-state index is 0.115. The Morgan fingerprint density at radius 1 is 1.04 bits per heavy atom. The van der Waals surface area contributed by atoms with Gasteiger partial charge in [-0.3, -0.25) is 4.79 Å². The summed E-state index contributed by atoms with van der Waals surface area (Å²) in [6.45, 7) is 0.895. The largest absolute Gasteiger partial charge is 0.308 e. The Hall–Kier alpha value is -2.48. The first-order chi connectivity index (χ1) is 13.0. The molecule has 138 valence electrons. The minimum atomic E-state index is -3.61. The Balaban J connectivity index is 1.50. The number of sulfonamides is 1. The van der Waals surface area contributed by atoms with Gasteiger partial charge < -0.3 is 4.90 Å². The average molecular weight is 399 g/mol. The molecule has 1 aliphatic heterocycles. The average Bonchev–Trinajstić information content (AvgIpc) is 3.36. The molecule has 0 atom stereocenters. The quantitative estimate of drug-likeness (QED) is 0.716. The van der Waals surface area contributed by atoms with E-state index in [4.69, 9.17) is 0 Å². The van der Waals surface area contributed by atoms with Crippen molar-refractivity contribution in [1.29, 1.82) is 0 Å². The Morgan fingerprint density at radius 3 is 2.56 bits per heavy atom. The lowest BCUT2D eigenvalue weighted by Crippen LogP contribution is -2.29. The number of benzene rings is 2. The van der Waals surface area contributed by atoms with Crippen LogP contribution in [0.5, 0.6) is 0 Å². The molecule has 1 N–H and O–H groups in total. The molecule has 0 fully saturated rings. The van der Waals surface area contributed by atoms with Gasteiger partial charge in [0.05, 0.1) is 4.90 Å². The molecule has 27 heavy (non-hydrogen) atoms. The monoisotopic (exact) mass is 398 g/mol. The predicted octanol–water partition coefficient (Wildman–Crippen LogP) is 3.43. The first kappa shape index (κ1) is 17.9. The zero-order valence-corrected chi connectivity index (χ0v) is 16.1. The van der Waals surface area contributed by atoms with Crippen molar-refractivity contribution >= 4 is 33.0 Å². The highest BCUT2D eigenvalue weighted by molar-refractivity contribution is 7.89. The highest BCUT2D eigenvalue weighted by Crippen LogP contribution is 2.29. The first-order valence-corrected chi connectivity index (χ1v) is 10.9. The summed E-state index contributed by atoms with van der Waals surface area (Å²) in [6, 6.07) is 17.7. The third-order valence-electron chi connectivity index (χ3n) is 4.56. The predicted molar refractivity (Wildman–Crippen MR) is 107 cm³/mol. The van der Waals surface area contributed by atoms with Gasteiger partial charge in [0.25, 0.3) is 5.91 Å². The van der Waals surface area contributed by atoms with Crippen LogP contribution < -0.4 is 9.62 Å². The number of carbonyl (C=O) groups is 1. The van der Waals surface area contributed by atoms with E-state index in [9.17, 15) is 13.2 Å². The molecule has 0 saturated heterocycles. The van der Waals surface area contributed by atoms with Gasteiger partial charge in [-0.1, -0.05) is 24.3 Å². The summed E-state index contributed by atoms with van der Waals surface area (Å²) in [4.78, 5) is 15.7. The third kappa shape index (κ3) is 3.66. The number of hydrogen-bond acceptors (Lipinski definition) is 4. The van der Waals surface area contributed by atoms with Gasteiger partial charge >= 0.3 is 0 Å². The maximum absolute atomic E-state index is 12.8. The maximum atomic E-state index is 12.8. The Kier molecular flexibility index (Phi) is 4.82. The number of nitrogens with zero attached hydrogens (tertiary/aromatic N) is 1. The van der Waals surface area contributed by atoms with Gasteiger partial charge in [0.1, 0.15) is 0 Å². The van der Waals surface area contributed by atoms with E-state index in [2.05, 4.69) is 4.72 Å². The lowest BCUT2D eigenvalue weighted by molar-refractivity contribution is 0.0989. The van der Waals surface area contributed by atoms with Crippen molar-refractivity contribution in [3.05, 3.63) is 82.0 Å². The summed E-state index contributed by atoms with van der Waals surface area (Å²) in [6.07, 6.45) is 0.834. The second-order valence-corrected chi connectivity index (χ2v) is 9.06. The van der Waals surface area contributed by atoms with Crippen molar-refractivity contribution in [2.75, 3.05) is 11.4 Å². The molecule has 3 aromatic rings. The zero-order valence-electron chi connectivity index (χ0n) is 14.5. The molecule has 1 aromatic heterocycles. The van der Waals surface area contributed by atoms with Crippen molar-refractivity contribution in [2.24, 2.45) is 0 Å². The van der Waals surface area contributed by atoms with E-state index < -0.39 is 10.0 Å². The fraction of sp³-hybridized carbons (Fsp3) is 0.150. The molecule has 0 spiro atoms. The van der Waals surface area contributed by atoms with E-state index >= 15 is 0 Å². The summed E-state index contributed by atoms with van der Waals surface area (Å²) >= 11 is 1.50. The van der Waals surface area contributed by atoms with Crippen molar-refractivity contribution in [3.8, 4) is 0 Å². The van der Waals surface area contributed by atoms with Crippen LogP contribution in [0.15, 0.2) is 70.9 Å². The molecule has 0 bridgehead atoms. The summed E-state index contributed by atoms with van der Waals surface area (Å²) in [5.74, 6) is -0.115. The van der Waals surface area contributed by atoms with Crippen LogP contribution in [0, 0.1) is 0 Å². The summed E-state index contributed by atoms with van der Waals surface area (Å²) in [7, 11) is -3.61. The highest BCUT2D eigenvalue weighted by atomic mass is 32.2. The van der Waals surface area contributed by atoms with Crippen LogP contribution in [0.2, 0.25) is 0 Å². The lowest BCUT2D eigenvalue weighted by atomic mass is 10.1. The van der Waals surface area contributed by atoms with E-state index in [1.54, 1.807) is 17.0 Å². The minimum Gasteiger partial charge on any atom is -0.308 e. The molecule has 0 unspecified atom stereocenters. The molecule has 0 radical (unpaired) electrons. The van der Waals surface area contributed by atoms with Crippen molar-refractivity contribution in [1.82, 2.24) is 4.72 Å². The number of para-hydroxylation sites is 1. The summed E-state index contributed by atoms with van der Waals surface area (Å²) in [5.41, 5.74) is 2.56. The number of rotatable bonds is 5. The van der Waals surface area contributed by atoms with E-state index in [0.717, 1.165) is 22.5 Å². The SMILES string of the molecule is O=C(c1ccc(S(=O)(=O)NCc2cccs2)cc1)N1CCc2ccccc21. The first-order valence-electron chi connectivity index (χ1n) is 8.56. The van der Waals surface area contributed by atoms with E-state index in [1.807, 2.05) is 41.8 Å². The summed E-state index contributed by atoms with van der Waals surface area (Å²) < 4.78 is 27.4. The molecule has 1 aliphatic rings. The van der Waals surface area contributed by atoms with Gasteiger partial charge in [0, 0.05) is 29.2 Å². The smallest absolute Gasteiger partial charge is 0.258 e. The molecular formula is C20H18N2O3S2. The maximum Gasteiger partial charge on any atom is 0.258 e. The molecule has 0 aliphatic carbocycles. The topological polar surface area (TPSA) is 66.5 Å². The van der Waals surface area contributed by atoms with Crippen LogP contribution >= 0.6 is 11.3 Å². The normalized spacial score (nSPS) is 13.6. The van der Waals surface area contributed by atoms with Gasteiger partial charge in [0.15, 0.2) is 0 Å². The number of thiophene rings is 1. The Morgan fingerprint density at radius 2 is 1.81 bits per heavy atom. The van der Waals surface area contributed by atoms with E-state index in [1.165, 1.54) is 23.5 Å². The summed E-state index contributed by atoms with van der Waals surface area (Å²) in [5, 5.41) is 1.90. The number of nitrogens with one attached hydrogen (secondary N) is 1. The fourth-order valence-electron chi connectivity index (χ4n) is 3.14. The van der Waals surface area contributed by atoms with Gasteiger partial charge in [-0.15, -0.1) is 11.3 Å². The second kappa shape index (κ2) is 7.26. The number of carbonyl (C=O) groups excluding carboxylic acids is 1. The van der Waals surface area contributed by atoms with Gasteiger partial charge in [-0.2, -0.15) is 0 Å². The lowest BCUT2D eigenvalue weighted by Gasteiger charge is -2.17. The molecular weight excluding hydrogens is 380 g/mol. The van der Waals surface area contributed by atoms with Crippen LogP contribution in [0.3, 0.4) is 0 Å². The van der Waals surface area contributed by atoms with E-state index in [0.29, 0.717) is 12.1 Å². The number of amides is 1. The third-order valence-corrected chi connectivity index (χ3v) is 6.85. The Bertz CT molecular complexity index is 1060. The zero-order chi connectivity index (χ0) is 18.9. The molecule has 0 saturated carbocycles. The van der Waals surface area contributed by atoms with Crippen molar-refractivity contribution < 1.29 is 13.2 Å².